The third kappa shape index (κ3) is 2.65. The Kier molecular flexibility index (Phi) is 3.67. The summed E-state index contributed by atoms with van der Waals surface area (Å²) in [6, 6.07) is 5.49. The third-order valence-electron chi connectivity index (χ3n) is 3.25. The van der Waals surface area contributed by atoms with Gasteiger partial charge in [-0.05, 0) is 29.8 Å². The fourth-order valence-electron chi connectivity index (χ4n) is 2.28. The Morgan fingerprint density at radius 2 is 2.00 bits per heavy atom. The number of halogens is 3. The van der Waals surface area contributed by atoms with Crippen LogP contribution in [0.3, 0.4) is 0 Å². The largest absolute Gasteiger partial charge is 0.363 e. The van der Waals surface area contributed by atoms with Gasteiger partial charge in [0.25, 0.3) is 0 Å². The van der Waals surface area contributed by atoms with E-state index in [0.29, 0.717) is 5.75 Å². The summed E-state index contributed by atoms with van der Waals surface area (Å²) in [5.41, 5.74) is 1.06. The fraction of sp³-hybridized carbons (Fsp3) is 0.214. The van der Waals surface area contributed by atoms with Gasteiger partial charge in [-0.3, -0.25) is 4.79 Å². The van der Waals surface area contributed by atoms with Gasteiger partial charge in [0.15, 0.2) is 17.5 Å². The zero-order chi connectivity index (χ0) is 15.0. The van der Waals surface area contributed by atoms with Crippen LogP contribution >= 0.6 is 11.8 Å². The van der Waals surface area contributed by atoms with Gasteiger partial charge < -0.3 is 9.88 Å². The predicted molar refractivity (Wildman–Crippen MR) is 72.9 cm³/mol. The van der Waals surface area contributed by atoms with Gasteiger partial charge in [-0.15, -0.1) is 11.8 Å². The van der Waals surface area contributed by atoms with Crippen molar-refractivity contribution in [3.8, 4) is 0 Å². The molecular formula is C14H11F3N2OS. The second-order valence-corrected chi connectivity index (χ2v) is 5.75. The minimum Gasteiger partial charge on any atom is -0.363 e. The standard InChI is InChI=1S/C14H11F3N2OS/c15-9-4-8(5-10(16)13(9)17)6-19-12(20)7-21-14(19)11-2-1-3-18-11/h1-5,14,18H,6-7H2. The van der Waals surface area contributed by atoms with E-state index in [9.17, 15) is 18.0 Å². The summed E-state index contributed by atoms with van der Waals surface area (Å²) in [5, 5.41) is -0.233. The molecule has 1 saturated heterocycles. The van der Waals surface area contributed by atoms with E-state index in [4.69, 9.17) is 0 Å². The second kappa shape index (κ2) is 5.48. The molecule has 1 aromatic carbocycles. The van der Waals surface area contributed by atoms with E-state index in [2.05, 4.69) is 4.98 Å². The quantitative estimate of drug-likeness (QED) is 0.884. The average Bonchev–Trinajstić information content (AvgIpc) is 3.07. The van der Waals surface area contributed by atoms with E-state index < -0.39 is 17.5 Å². The fourth-order valence-corrected chi connectivity index (χ4v) is 3.44. The van der Waals surface area contributed by atoms with Crippen LogP contribution < -0.4 is 0 Å². The number of nitrogens with zero attached hydrogens (tertiary/aromatic N) is 1. The summed E-state index contributed by atoms with van der Waals surface area (Å²) in [5.74, 6) is -3.82. The van der Waals surface area contributed by atoms with E-state index in [-0.39, 0.29) is 23.4 Å². The molecule has 7 heteroatoms. The maximum absolute atomic E-state index is 13.3. The van der Waals surface area contributed by atoms with Gasteiger partial charge in [-0.2, -0.15) is 0 Å². The molecule has 1 atom stereocenters. The van der Waals surface area contributed by atoms with Crippen molar-refractivity contribution in [3.05, 3.63) is 59.2 Å². The van der Waals surface area contributed by atoms with Crippen LogP contribution in [0.1, 0.15) is 16.6 Å². The molecule has 0 bridgehead atoms. The Morgan fingerprint density at radius 3 is 2.62 bits per heavy atom. The summed E-state index contributed by atoms with van der Waals surface area (Å²) in [6.45, 7) is 0.0314. The van der Waals surface area contributed by atoms with Gasteiger partial charge in [-0.25, -0.2) is 13.2 Å². The molecule has 3 rings (SSSR count). The number of aromatic amines is 1. The highest BCUT2D eigenvalue weighted by molar-refractivity contribution is 8.00. The monoisotopic (exact) mass is 312 g/mol. The first-order valence-corrected chi connectivity index (χ1v) is 7.29. The van der Waals surface area contributed by atoms with Gasteiger partial charge >= 0.3 is 0 Å². The molecule has 0 radical (unpaired) electrons. The lowest BCUT2D eigenvalue weighted by molar-refractivity contribution is -0.128. The summed E-state index contributed by atoms with van der Waals surface area (Å²) >= 11 is 1.43. The van der Waals surface area contributed by atoms with Crippen LogP contribution in [0, 0.1) is 17.5 Å². The highest BCUT2D eigenvalue weighted by Crippen LogP contribution is 2.38. The maximum Gasteiger partial charge on any atom is 0.234 e. The molecule has 2 aromatic rings. The number of carbonyl (C=O) groups excluding carboxylic acids is 1. The Morgan fingerprint density at radius 1 is 1.29 bits per heavy atom. The lowest BCUT2D eigenvalue weighted by Gasteiger charge is -2.23. The second-order valence-electron chi connectivity index (χ2n) is 4.68. The van der Waals surface area contributed by atoms with Gasteiger partial charge in [0, 0.05) is 18.4 Å². The molecule has 1 N–H and O–H groups in total. The molecule has 0 saturated carbocycles. The minimum atomic E-state index is -1.50. The smallest absolute Gasteiger partial charge is 0.234 e. The Bertz CT molecular complexity index is 652. The van der Waals surface area contributed by atoms with Crippen molar-refractivity contribution in [2.24, 2.45) is 0 Å². The number of amides is 1. The molecule has 1 aromatic heterocycles. The average molecular weight is 312 g/mol. The molecule has 0 spiro atoms. The molecule has 1 unspecified atom stereocenters. The Labute approximate surface area is 123 Å². The van der Waals surface area contributed by atoms with Crippen LogP contribution in [0.4, 0.5) is 13.2 Å². The molecule has 1 amide bonds. The summed E-state index contributed by atoms with van der Waals surface area (Å²) in [4.78, 5) is 16.5. The van der Waals surface area contributed by atoms with E-state index in [1.807, 2.05) is 12.1 Å². The predicted octanol–water partition coefficient (Wildman–Crippen LogP) is 3.21. The van der Waals surface area contributed by atoms with Gasteiger partial charge in [0.1, 0.15) is 5.37 Å². The lowest BCUT2D eigenvalue weighted by Crippen LogP contribution is -2.28. The van der Waals surface area contributed by atoms with Crippen LogP contribution in [0.5, 0.6) is 0 Å². The van der Waals surface area contributed by atoms with Crippen LogP contribution in [-0.4, -0.2) is 21.5 Å². The lowest BCUT2D eigenvalue weighted by atomic mass is 10.2. The topological polar surface area (TPSA) is 36.1 Å². The molecule has 1 fully saturated rings. The normalized spacial score (nSPS) is 18.5. The van der Waals surface area contributed by atoms with Crippen molar-refractivity contribution in [1.82, 2.24) is 9.88 Å². The number of carbonyl (C=O) groups is 1. The Hall–Kier alpha value is -1.89. The molecule has 0 aliphatic carbocycles. The highest BCUT2D eigenvalue weighted by atomic mass is 32.2. The van der Waals surface area contributed by atoms with Gasteiger partial charge in [0.05, 0.1) is 5.75 Å². The molecule has 3 nitrogen and oxygen atoms in total. The third-order valence-corrected chi connectivity index (χ3v) is 4.49. The summed E-state index contributed by atoms with van der Waals surface area (Å²) in [7, 11) is 0. The van der Waals surface area contributed by atoms with E-state index in [1.54, 1.807) is 6.20 Å². The van der Waals surface area contributed by atoms with Crippen LogP contribution in [-0.2, 0) is 11.3 Å². The van der Waals surface area contributed by atoms with Crippen molar-refractivity contribution in [3.63, 3.8) is 0 Å². The molecule has 21 heavy (non-hydrogen) atoms. The molecular weight excluding hydrogens is 301 g/mol. The molecule has 2 heterocycles. The highest BCUT2D eigenvalue weighted by Gasteiger charge is 2.33. The first kappa shape index (κ1) is 14.1. The maximum atomic E-state index is 13.3. The van der Waals surface area contributed by atoms with Crippen LogP contribution in [0.25, 0.3) is 0 Å². The number of hydrogen-bond donors (Lipinski definition) is 1. The van der Waals surface area contributed by atoms with E-state index >= 15 is 0 Å². The van der Waals surface area contributed by atoms with Crippen molar-refractivity contribution < 1.29 is 18.0 Å². The first-order chi connectivity index (χ1) is 10.1. The Balaban J connectivity index is 1.87. The summed E-state index contributed by atoms with van der Waals surface area (Å²) < 4.78 is 39.5. The van der Waals surface area contributed by atoms with Crippen molar-refractivity contribution >= 4 is 17.7 Å². The first-order valence-electron chi connectivity index (χ1n) is 6.24. The van der Waals surface area contributed by atoms with Crippen LogP contribution in [0.2, 0.25) is 0 Å². The minimum absolute atomic E-state index is 0.0314. The number of hydrogen-bond acceptors (Lipinski definition) is 2. The van der Waals surface area contributed by atoms with Gasteiger partial charge in [-0.1, -0.05) is 0 Å². The zero-order valence-electron chi connectivity index (χ0n) is 10.8. The number of aromatic nitrogens is 1. The van der Waals surface area contributed by atoms with Crippen molar-refractivity contribution in [1.29, 1.82) is 0 Å². The molecule has 110 valence electrons. The van der Waals surface area contributed by atoms with E-state index in [0.717, 1.165) is 17.8 Å². The molecule has 1 aliphatic rings. The van der Waals surface area contributed by atoms with E-state index in [1.165, 1.54) is 16.7 Å². The SMILES string of the molecule is O=C1CSC(c2ccc[nH]2)N1Cc1cc(F)c(F)c(F)c1. The van der Waals surface area contributed by atoms with Crippen molar-refractivity contribution in [2.75, 3.05) is 5.75 Å². The number of thioether (sulfide) groups is 1. The zero-order valence-corrected chi connectivity index (χ0v) is 11.6. The van der Waals surface area contributed by atoms with Crippen molar-refractivity contribution in [2.45, 2.75) is 11.9 Å². The number of benzene rings is 1. The number of H-pyrrole nitrogens is 1. The number of rotatable bonds is 3. The number of nitrogens with one attached hydrogen (secondary N) is 1. The summed E-state index contributed by atoms with van der Waals surface area (Å²) in [6.07, 6.45) is 1.74. The van der Waals surface area contributed by atoms with Crippen LogP contribution in [0.15, 0.2) is 30.5 Å². The van der Waals surface area contributed by atoms with Gasteiger partial charge in [0.2, 0.25) is 5.91 Å². The molecule has 1 aliphatic heterocycles.